The molecule has 0 aliphatic carbocycles. The first-order valence-electron chi connectivity index (χ1n) is 3.97. The maximum atomic E-state index is 10.7. The van der Waals surface area contributed by atoms with Crippen LogP contribution in [0.3, 0.4) is 0 Å². The van der Waals surface area contributed by atoms with Gasteiger partial charge in [0, 0.05) is 6.42 Å². The normalized spacial score (nSPS) is 26.1. The van der Waals surface area contributed by atoms with Crippen LogP contribution < -0.4 is 4.74 Å². The Labute approximate surface area is 71.2 Å². The Morgan fingerprint density at radius 2 is 2.25 bits per heavy atom. The second-order valence-corrected chi connectivity index (χ2v) is 3.32. The van der Waals surface area contributed by atoms with Crippen LogP contribution in [0.5, 0.6) is 5.75 Å². The number of hydrogen-bond donors (Lipinski definition) is 0. The molecule has 2 nitrogen and oxygen atoms in total. The minimum Gasteiger partial charge on any atom is -0.479 e. The van der Waals surface area contributed by atoms with Crippen molar-refractivity contribution in [1.29, 1.82) is 0 Å². The number of hydrogen-bond acceptors (Lipinski definition) is 2. The van der Waals surface area contributed by atoms with Crippen LogP contribution in [0.15, 0.2) is 24.3 Å². The predicted octanol–water partition coefficient (Wildman–Crippen LogP) is 1.58. The molecule has 12 heavy (non-hydrogen) atoms. The molecule has 0 amide bonds. The molecule has 1 heterocycles. The van der Waals surface area contributed by atoms with Crippen LogP contribution in [0.2, 0.25) is 0 Å². The Morgan fingerprint density at radius 3 is 2.92 bits per heavy atom. The van der Waals surface area contributed by atoms with Gasteiger partial charge in [0.2, 0.25) is 0 Å². The van der Waals surface area contributed by atoms with E-state index >= 15 is 0 Å². The van der Waals surface area contributed by atoms with Crippen molar-refractivity contribution in [1.82, 2.24) is 0 Å². The highest BCUT2D eigenvalue weighted by Crippen LogP contribution is 2.33. The van der Waals surface area contributed by atoms with Gasteiger partial charge in [0.05, 0.1) is 0 Å². The fourth-order valence-corrected chi connectivity index (χ4v) is 1.48. The minimum atomic E-state index is -0.635. The molecule has 0 saturated carbocycles. The summed E-state index contributed by atoms with van der Waals surface area (Å²) in [5.74, 6) is 0.840. The molecule has 2 heteroatoms. The molecular formula is C10H10O2. The highest BCUT2D eigenvalue weighted by Gasteiger charge is 2.33. The van der Waals surface area contributed by atoms with E-state index in [2.05, 4.69) is 0 Å². The van der Waals surface area contributed by atoms with Crippen LogP contribution in [0, 0.1) is 0 Å². The Morgan fingerprint density at radius 1 is 1.50 bits per heavy atom. The summed E-state index contributed by atoms with van der Waals surface area (Å²) in [5.41, 5.74) is 0.482. The molecule has 1 unspecified atom stereocenters. The van der Waals surface area contributed by atoms with Gasteiger partial charge in [-0.25, -0.2) is 0 Å². The zero-order valence-electron chi connectivity index (χ0n) is 6.91. The summed E-state index contributed by atoms with van der Waals surface area (Å²) in [6, 6.07) is 7.75. The van der Waals surface area contributed by atoms with Crippen molar-refractivity contribution in [3.63, 3.8) is 0 Å². The quantitative estimate of drug-likeness (QED) is 0.586. The van der Waals surface area contributed by atoms with Gasteiger partial charge in [0.25, 0.3) is 0 Å². The number of carbonyl (C=O) groups is 1. The fourth-order valence-electron chi connectivity index (χ4n) is 1.48. The van der Waals surface area contributed by atoms with E-state index < -0.39 is 5.60 Å². The second-order valence-electron chi connectivity index (χ2n) is 3.32. The molecule has 0 spiro atoms. The van der Waals surface area contributed by atoms with Crippen LogP contribution in [-0.4, -0.2) is 11.9 Å². The summed E-state index contributed by atoms with van der Waals surface area (Å²) in [5, 5.41) is 0. The first kappa shape index (κ1) is 7.35. The molecule has 0 saturated heterocycles. The largest absolute Gasteiger partial charge is 0.479 e. The maximum Gasteiger partial charge on any atom is 0.165 e. The van der Waals surface area contributed by atoms with Gasteiger partial charge >= 0.3 is 0 Å². The third-order valence-corrected chi connectivity index (χ3v) is 2.11. The summed E-state index contributed by atoms with van der Waals surface area (Å²) in [6.07, 6.45) is 1.56. The van der Waals surface area contributed by atoms with Crippen LogP contribution in [-0.2, 0) is 11.2 Å². The Bertz CT molecular complexity index is 292. The molecule has 62 valence electrons. The molecule has 1 aromatic carbocycles. The van der Waals surface area contributed by atoms with Crippen LogP contribution in [0.25, 0.3) is 0 Å². The monoisotopic (exact) mass is 162 g/mol. The average molecular weight is 162 g/mol. The van der Waals surface area contributed by atoms with Crippen molar-refractivity contribution in [3.8, 4) is 5.75 Å². The molecule has 0 aromatic heterocycles. The lowest BCUT2D eigenvalue weighted by atomic mass is 10.0. The van der Waals surface area contributed by atoms with E-state index in [1.807, 2.05) is 24.3 Å². The van der Waals surface area contributed by atoms with E-state index in [-0.39, 0.29) is 0 Å². The number of aldehydes is 1. The molecule has 1 aliphatic heterocycles. The van der Waals surface area contributed by atoms with Gasteiger partial charge in [-0.1, -0.05) is 18.2 Å². The number of benzene rings is 1. The molecule has 1 aliphatic rings. The maximum absolute atomic E-state index is 10.7. The number of fused-ring (bicyclic) bond motifs is 1. The van der Waals surface area contributed by atoms with Gasteiger partial charge in [-0.05, 0) is 18.6 Å². The first-order valence-corrected chi connectivity index (χ1v) is 3.97. The molecule has 0 bridgehead atoms. The van der Waals surface area contributed by atoms with Gasteiger partial charge in [0.15, 0.2) is 11.9 Å². The minimum absolute atomic E-state index is 0.635. The molecule has 0 fully saturated rings. The van der Waals surface area contributed by atoms with E-state index in [9.17, 15) is 4.79 Å². The first-order chi connectivity index (χ1) is 5.73. The van der Waals surface area contributed by atoms with Crippen LogP contribution in [0.4, 0.5) is 0 Å². The summed E-state index contributed by atoms with van der Waals surface area (Å²) in [6.45, 7) is 1.81. The second kappa shape index (κ2) is 2.34. The van der Waals surface area contributed by atoms with Gasteiger partial charge in [0.1, 0.15) is 5.75 Å². The van der Waals surface area contributed by atoms with E-state index in [1.165, 1.54) is 0 Å². The van der Waals surface area contributed by atoms with Crippen molar-refractivity contribution in [3.05, 3.63) is 29.8 Å². The Kier molecular flexibility index (Phi) is 1.43. The summed E-state index contributed by atoms with van der Waals surface area (Å²) >= 11 is 0. The van der Waals surface area contributed by atoms with Crippen molar-refractivity contribution in [2.24, 2.45) is 0 Å². The standard InChI is InChI=1S/C10H10O2/c1-10(7-11)6-8-4-2-3-5-9(8)12-10/h2-5,7H,6H2,1H3. The van der Waals surface area contributed by atoms with Gasteiger partial charge < -0.3 is 4.74 Å². The Balaban J connectivity index is 2.39. The van der Waals surface area contributed by atoms with Gasteiger partial charge in [-0.2, -0.15) is 0 Å². The highest BCUT2D eigenvalue weighted by molar-refractivity contribution is 5.66. The predicted molar refractivity (Wildman–Crippen MR) is 45.2 cm³/mol. The lowest BCUT2D eigenvalue weighted by Gasteiger charge is -2.14. The third kappa shape index (κ3) is 0.998. The topological polar surface area (TPSA) is 26.3 Å². The molecular weight excluding hydrogens is 152 g/mol. The zero-order valence-corrected chi connectivity index (χ0v) is 6.91. The molecule has 2 rings (SSSR count). The van der Waals surface area contributed by atoms with E-state index in [1.54, 1.807) is 6.92 Å². The SMILES string of the molecule is CC1(C=O)Cc2ccccc2O1. The van der Waals surface area contributed by atoms with Crippen molar-refractivity contribution < 1.29 is 9.53 Å². The van der Waals surface area contributed by atoms with Crippen molar-refractivity contribution in [2.75, 3.05) is 0 Å². The molecule has 0 N–H and O–H groups in total. The lowest BCUT2D eigenvalue weighted by molar-refractivity contribution is -0.118. The summed E-state index contributed by atoms with van der Waals surface area (Å²) in [7, 11) is 0. The van der Waals surface area contributed by atoms with E-state index in [0.717, 1.165) is 17.6 Å². The summed E-state index contributed by atoms with van der Waals surface area (Å²) in [4.78, 5) is 10.7. The van der Waals surface area contributed by atoms with Crippen molar-refractivity contribution >= 4 is 6.29 Å². The van der Waals surface area contributed by atoms with Crippen LogP contribution >= 0.6 is 0 Å². The zero-order chi connectivity index (χ0) is 8.60. The molecule has 0 radical (unpaired) electrons. The third-order valence-electron chi connectivity index (χ3n) is 2.11. The molecule has 1 atom stereocenters. The highest BCUT2D eigenvalue weighted by atomic mass is 16.5. The number of para-hydroxylation sites is 1. The average Bonchev–Trinajstić information content (AvgIpc) is 2.42. The van der Waals surface area contributed by atoms with Gasteiger partial charge in [-0.15, -0.1) is 0 Å². The van der Waals surface area contributed by atoms with E-state index in [4.69, 9.17) is 4.74 Å². The number of ether oxygens (including phenoxy) is 1. The Hall–Kier alpha value is -1.31. The fraction of sp³-hybridized carbons (Fsp3) is 0.300. The lowest BCUT2D eigenvalue weighted by Crippen LogP contribution is -2.31. The van der Waals surface area contributed by atoms with Gasteiger partial charge in [-0.3, -0.25) is 4.79 Å². The van der Waals surface area contributed by atoms with Crippen molar-refractivity contribution in [2.45, 2.75) is 18.9 Å². The number of rotatable bonds is 1. The smallest absolute Gasteiger partial charge is 0.165 e. The van der Waals surface area contributed by atoms with E-state index in [0.29, 0.717) is 6.42 Å². The summed E-state index contributed by atoms with van der Waals surface area (Å²) < 4.78 is 5.48. The number of carbonyl (C=O) groups excluding carboxylic acids is 1. The molecule has 1 aromatic rings. The van der Waals surface area contributed by atoms with Crippen LogP contribution in [0.1, 0.15) is 12.5 Å².